The lowest BCUT2D eigenvalue weighted by molar-refractivity contribution is 0.0702. The second kappa shape index (κ2) is 5.42. The first-order valence-corrected chi connectivity index (χ1v) is 6.46. The van der Waals surface area contributed by atoms with E-state index < -0.39 is 5.97 Å². The number of halogens is 1. The van der Waals surface area contributed by atoms with E-state index in [1.54, 1.807) is 18.2 Å². The van der Waals surface area contributed by atoms with Gasteiger partial charge < -0.3 is 9.84 Å². The molecule has 18 heavy (non-hydrogen) atoms. The zero-order valence-electron chi connectivity index (χ0n) is 9.64. The molecule has 0 fully saturated rings. The highest BCUT2D eigenvalue weighted by molar-refractivity contribution is 7.13. The fourth-order valence-corrected chi connectivity index (χ4v) is 2.37. The Labute approximate surface area is 114 Å². The summed E-state index contributed by atoms with van der Waals surface area (Å²) in [7, 11) is 0. The smallest absolute Gasteiger partial charge is 0.345 e. The SMILES string of the molecule is Cc1ccc(Cl)c(OCc2ccc(C(=O)O)s2)c1. The van der Waals surface area contributed by atoms with Crippen LogP contribution in [0.25, 0.3) is 0 Å². The number of thiophene rings is 1. The van der Waals surface area contributed by atoms with E-state index in [0.717, 1.165) is 10.4 Å². The summed E-state index contributed by atoms with van der Waals surface area (Å²) >= 11 is 7.21. The summed E-state index contributed by atoms with van der Waals surface area (Å²) in [6.07, 6.45) is 0. The molecule has 1 heterocycles. The van der Waals surface area contributed by atoms with Crippen molar-refractivity contribution in [2.24, 2.45) is 0 Å². The van der Waals surface area contributed by atoms with Gasteiger partial charge in [0, 0.05) is 4.88 Å². The van der Waals surface area contributed by atoms with Gasteiger partial charge in [-0.15, -0.1) is 11.3 Å². The molecule has 3 nitrogen and oxygen atoms in total. The number of hydrogen-bond donors (Lipinski definition) is 1. The molecular formula is C13H11ClO3S. The average molecular weight is 283 g/mol. The van der Waals surface area contributed by atoms with Crippen molar-refractivity contribution in [1.82, 2.24) is 0 Å². The third-order valence-electron chi connectivity index (χ3n) is 2.33. The number of rotatable bonds is 4. The minimum absolute atomic E-state index is 0.309. The van der Waals surface area contributed by atoms with E-state index in [1.165, 1.54) is 11.3 Å². The molecule has 0 unspecified atom stereocenters. The van der Waals surface area contributed by atoms with Crippen LogP contribution < -0.4 is 4.74 Å². The van der Waals surface area contributed by atoms with Crippen LogP contribution in [0.2, 0.25) is 5.02 Å². The Morgan fingerprint density at radius 1 is 1.39 bits per heavy atom. The molecular weight excluding hydrogens is 272 g/mol. The number of aryl methyl sites for hydroxylation is 1. The summed E-state index contributed by atoms with van der Waals surface area (Å²) in [6.45, 7) is 2.28. The molecule has 0 saturated heterocycles. The molecule has 1 aromatic carbocycles. The third-order valence-corrected chi connectivity index (χ3v) is 3.69. The normalized spacial score (nSPS) is 10.3. The van der Waals surface area contributed by atoms with Crippen molar-refractivity contribution in [2.75, 3.05) is 0 Å². The fraction of sp³-hybridized carbons (Fsp3) is 0.154. The van der Waals surface area contributed by atoms with Crippen LogP contribution in [0.15, 0.2) is 30.3 Å². The van der Waals surface area contributed by atoms with Gasteiger partial charge in [-0.05, 0) is 36.8 Å². The van der Waals surface area contributed by atoms with Crippen LogP contribution in [-0.4, -0.2) is 11.1 Å². The summed E-state index contributed by atoms with van der Waals surface area (Å²) in [5.41, 5.74) is 1.06. The summed E-state index contributed by atoms with van der Waals surface area (Å²) in [6, 6.07) is 8.86. The molecule has 1 N–H and O–H groups in total. The second-order valence-electron chi connectivity index (χ2n) is 3.79. The van der Waals surface area contributed by atoms with Crippen molar-refractivity contribution in [3.05, 3.63) is 50.7 Å². The van der Waals surface area contributed by atoms with Gasteiger partial charge in [0.2, 0.25) is 0 Å². The maximum absolute atomic E-state index is 10.7. The summed E-state index contributed by atoms with van der Waals surface area (Å²) in [5, 5.41) is 9.36. The van der Waals surface area contributed by atoms with Gasteiger partial charge in [-0.2, -0.15) is 0 Å². The molecule has 1 aromatic heterocycles. The Kier molecular flexibility index (Phi) is 3.89. The van der Waals surface area contributed by atoms with Crippen LogP contribution in [0, 0.1) is 6.92 Å². The largest absolute Gasteiger partial charge is 0.486 e. The maximum Gasteiger partial charge on any atom is 0.345 e. The lowest BCUT2D eigenvalue weighted by Gasteiger charge is -2.07. The molecule has 94 valence electrons. The molecule has 0 saturated carbocycles. The van der Waals surface area contributed by atoms with E-state index in [0.29, 0.717) is 22.3 Å². The Balaban J connectivity index is 2.06. The summed E-state index contributed by atoms with van der Waals surface area (Å²) in [4.78, 5) is 11.9. The van der Waals surface area contributed by atoms with Gasteiger partial charge >= 0.3 is 5.97 Å². The van der Waals surface area contributed by atoms with Gasteiger partial charge in [-0.1, -0.05) is 17.7 Å². The number of carbonyl (C=O) groups is 1. The minimum atomic E-state index is -0.917. The van der Waals surface area contributed by atoms with Crippen molar-refractivity contribution in [3.63, 3.8) is 0 Å². The first-order valence-electron chi connectivity index (χ1n) is 5.27. The highest BCUT2D eigenvalue weighted by Gasteiger charge is 2.08. The maximum atomic E-state index is 10.7. The summed E-state index contributed by atoms with van der Waals surface area (Å²) in [5.74, 6) is -0.304. The molecule has 0 aliphatic heterocycles. The molecule has 2 aromatic rings. The fourth-order valence-electron chi connectivity index (χ4n) is 1.44. The highest BCUT2D eigenvalue weighted by Crippen LogP contribution is 2.27. The second-order valence-corrected chi connectivity index (χ2v) is 5.37. The molecule has 0 atom stereocenters. The third kappa shape index (κ3) is 3.03. The molecule has 2 rings (SSSR count). The first kappa shape index (κ1) is 12.9. The first-order chi connectivity index (χ1) is 8.56. The molecule has 0 spiro atoms. The van der Waals surface area contributed by atoms with Crippen molar-refractivity contribution in [2.45, 2.75) is 13.5 Å². The minimum Gasteiger partial charge on any atom is -0.486 e. The van der Waals surface area contributed by atoms with Crippen LogP contribution in [0.3, 0.4) is 0 Å². The van der Waals surface area contributed by atoms with E-state index >= 15 is 0 Å². The molecule has 0 bridgehead atoms. The lowest BCUT2D eigenvalue weighted by Crippen LogP contribution is -1.94. The van der Waals surface area contributed by atoms with Crippen LogP contribution in [0.4, 0.5) is 0 Å². The molecule has 5 heteroatoms. The Hall–Kier alpha value is -1.52. The van der Waals surface area contributed by atoms with E-state index in [9.17, 15) is 4.79 Å². The molecule has 0 radical (unpaired) electrons. The van der Waals surface area contributed by atoms with Gasteiger partial charge in [-0.3, -0.25) is 0 Å². The zero-order chi connectivity index (χ0) is 13.1. The van der Waals surface area contributed by atoms with Crippen LogP contribution in [0.1, 0.15) is 20.1 Å². The van der Waals surface area contributed by atoms with Crippen molar-refractivity contribution in [3.8, 4) is 5.75 Å². The average Bonchev–Trinajstić information content (AvgIpc) is 2.79. The number of carboxylic acids is 1. The quantitative estimate of drug-likeness (QED) is 0.922. The van der Waals surface area contributed by atoms with Gasteiger partial charge in [0.25, 0.3) is 0 Å². The lowest BCUT2D eigenvalue weighted by atomic mass is 10.2. The number of benzene rings is 1. The Morgan fingerprint density at radius 2 is 2.17 bits per heavy atom. The van der Waals surface area contributed by atoms with E-state index in [1.807, 2.05) is 19.1 Å². The number of aromatic carboxylic acids is 1. The zero-order valence-corrected chi connectivity index (χ0v) is 11.2. The van der Waals surface area contributed by atoms with E-state index in [4.69, 9.17) is 21.4 Å². The van der Waals surface area contributed by atoms with Gasteiger partial charge in [0.05, 0.1) is 5.02 Å². The van der Waals surface area contributed by atoms with E-state index in [2.05, 4.69) is 0 Å². The van der Waals surface area contributed by atoms with Crippen molar-refractivity contribution in [1.29, 1.82) is 0 Å². The molecule has 0 aliphatic rings. The van der Waals surface area contributed by atoms with Crippen molar-refractivity contribution >= 4 is 28.9 Å². The van der Waals surface area contributed by atoms with Crippen molar-refractivity contribution < 1.29 is 14.6 Å². The Bertz CT molecular complexity index is 577. The predicted octanol–water partition coefficient (Wildman–Crippen LogP) is 3.99. The van der Waals surface area contributed by atoms with Gasteiger partial charge in [0.1, 0.15) is 17.2 Å². The highest BCUT2D eigenvalue weighted by atomic mass is 35.5. The molecule has 0 amide bonds. The predicted molar refractivity (Wildman–Crippen MR) is 71.8 cm³/mol. The molecule has 0 aliphatic carbocycles. The standard InChI is InChI=1S/C13H11ClO3S/c1-8-2-4-10(14)11(6-8)17-7-9-3-5-12(18-9)13(15)16/h2-6H,7H2,1H3,(H,15,16). The summed E-state index contributed by atoms with van der Waals surface area (Å²) < 4.78 is 5.58. The van der Waals surface area contributed by atoms with E-state index in [-0.39, 0.29) is 0 Å². The van der Waals surface area contributed by atoms with Crippen LogP contribution >= 0.6 is 22.9 Å². The van der Waals surface area contributed by atoms with Gasteiger partial charge in [0.15, 0.2) is 0 Å². The topological polar surface area (TPSA) is 46.5 Å². The monoisotopic (exact) mass is 282 g/mol. The van der Waals surface area contributed by atoms with Crippen LogP contribution in [0.5, 0.6) is 5.75 Å². The number of hydrogen-bond acceptors (Lipinski definition) is 3. The number of carboxylic acid groups (broad SMARTS) is 1. The Morgan fingerprint density at radius 3 is 2.83 bits per heavy atom. The van der Waals surface area contributed by atoms with Crippen LogP contribution in [-0.2, 0) is 6.61 Å². The number of ether oxygens (including phenoxy) is 1. The van der Waals surface area contributed by atoms with Gasteiger partial charge in [-0.25, -0.2) is 4.79 Å².